The summed E-state index contributed by atoms with van der Waals surface area (Å²) >= 11 is 1.40. The first-order valence-corrected chi connectivity index (χ1v) is 4.44. The van der Waals surface area contributed by atoms with Crippen LogP contribution in [0.1, 0.15) is 0 Å². The van der Waals surface area contributed by atoms with Gasteiger partial charge in [0.15, 0.2) is 6.10 Å². The van der Waals surface area contributed by atoms with Crippen LogP contribution >= 0.6 is 11.8 Å². The number of ether oxygens (including phenoxy) is 1. The Hall–Kier alpha value is -0.740. The van der Waals surface area contributed by atoms with Gasteiger partial charge in [0, 0.05) is 0 Å². The molecule has 3 nitrogen and oxygen atoms in total. The highest BCUT2D eigenvalue weighted by atomic mass is 32.2. The molecule has 66 valence electrons. The number of hydrogen-bond acceptors (Lipinski definition) is 4. The molecule has 0 aliphatic carbocycles. The van der Waals surface area contributed by atoms with E-state index in [1.807, 2.05) is 11.5 Å². The van der Waals surface area contributed by atoms with Gasteiger partial charge in [-0.3, -0.25) is 0 Å². The number of aliphatic hydroxyl groups excluding tert-OH is 1. The number of rotatable bonds is 2. The molecule has 0 aromatic heterocycles. The Kier molecular flexibility index (Phi) is 3.37. The summed E-state index contributed by atoms with van der Waals surface area (Å²) in [5, 5.41) is 11.0. The summed E-state index contributed by atoms with van der Waals surface area (Å²) in [6.07, 6.45) is 4.35. The predicted octanol–water partition coefficient (Wildman–Crippen LogP) is 0.706. The summed E-state index contributed by atoms with van der Waals surface area (Å²) < 4.78 is 4.40. The van der Waals surface area contributed by atoms with E-state index in [-0.39, 0.29) is 5.25 Å². The normalized spacial score (nSPS) is 23.7. The average molecular weight is 186 g/mol. The molecule has 0 aromatic carbocycles. The van der Waals surface area contributed by atoms with Crippen LogP contribution in [0.4, 0.5) is 0 Å². The van der Waals surface area contributed by atoms with Crippen molar-refractivity contribution in [1.82, 2.24) is 0 Å². The number of methoxy groups -OCH3 is 1. The van der Waals surface area contributed by atoms with Crippen LogP contribution in [0.3, 0.4) is 0 Å². The molecule has 12 heavy (non-hydrogen) atoms. The fourth-order valence-electron chi connectivity index (χ4n) is 0.835. The van der Waals surface area contributed by atoms with Gasteiger partial charge in [-0.05, 0) is 5.41 Å². The lowest BCUT2D eigenvalue weighted by atomic mass is 10.2. The second kappa shape index (κ2) is 4.33. The van der Waals surface area contributed by atoms with Crippen molar-refractivity contribution in [3.8, 4) is 0 Å². The second-order valence-corrected chi connectivity index (χ2v) is 3.37. The van der Waals surface area contributed by atoms with Gasteiger partial charge < -0.3 is 9.84 Å². The molecule has 0 saturated heterocycles. The zero-order valence-electron chi connectivity index (χ0n) is 6.64. The molecular weight excluding hydrogens is 176 g/mol. The third kappa shape index (κ3) is 2.12. The molecule has 2 unspecified atom stereocenters. The minimum absolute atomic E-state index is 0.220. The van der Waals surface area contributed by atoms with E-state index >= 15 is 0 Å². The largest absolute Gasteiger partial charge is 0.467 e. The zero-order valence-corrected chi connectivity index (χ0v) is 7.45. The summed E-state index contributed by atoms with van der Waals surface area (Å²) in [4.78, 5) is 10.9. The summed E-state index contributed by atoms with van der Waals surface area (Å²) in [6.45, 7) is 0. The maximum Gasteiger partial charge on any atom is 0.336 e. The van der Waals surface area contributed by atoms with Gasteiger partial charge in [-0.1, -0.05) is 18.2 Å². The monoisotopic (exact) mass is 186 g/mol. The van der Waals surface area contributed by atoms with E-state index in [0.29, 0.717) is 0 Å². The quantitative estimate of drug-likeness (QED) is 0.645. The fourth-order valence-corrected chi connectivity index (χ4v) is 1.64. The minimum Gasteiger partial charge on any atom is -0.467 e. The molecule has 1 aliphatic heterocycles. The van der Waals surface area contributed by atoms with Crippen molar-refractivity contribution in [1.29, 1.82) is 0 Å². The number of thioether (sulfide) groups is 1. The lowest BCUT2D eigenvalue weighted by Crippen LogP contribution is -2.31. The third-order valence-electron chi connectivity index (χ3n) is 1.48. The molecule has 1 heterocycles. The first-order chi connectivity index (χ1) is 5.75. The van der Waals surface area contributed by atoms with Crippen LogP contribution in [0.2, 0.25) is 0 Å². The van der Waals surface area contributed by atoms with Gasteiger partial charge in [-0.15, -0.1) is 11.8 Å². The van der Waals surface area contributed by atoms with Crippen LogP contribution < -0.4 is 0 Å². The lowest BCUT2D eigenvalue weighted by Gasteiger charge is -2.16. The Balaban J connectivity index is 2.52. The number of aliphatic hydroxyl groups is 1. The molecule has 0 bridgehead atoms. The van der Waals surface area contributed by atoms with Crippen molar-refractivity contribution < 1.29 is 14.6 Å². The van der Waals surface area contributed by atoms with Crippen molar-refractivity contribution in [3.63, 3.8) is 0 Å². The van der Waals surface area contributed by atoms with Crippen molar-refractivity contribution in [2.45, 2.75) is 11.4 Å². The van der Waals surface area contributed by atoms with Crippen LogP contribution in [0.5, 0.6) is 0 Å². The highest BCUT2D eigenvalue weighted by molar-refractivity contribution is 8.03. The number of carbonyl (C=O) groups excluding carboxylic acids is 1. The SMILES string of the molecule is COC(=O)C(O)C1C=CC=CS1. The molecule has 1 aliphatic rings. The molecule has 0 radical (unpaired) electrons. The highest BCUT2D eigenvalue weighted by Gasteiger charge is 2.25. The topological polar surface area (TPSA) is 46.5 Å². The molecule has 0 amide bonds. The zero-order chi connectivity index (χ0) is 8.97. The summed E-state index contributed by atoms with van der Waals surface area (Å²) in [6, 6.07) is 0. The fraction of sp³-hybridized carbons (Fsp3) is 0.375. The Labute approximate surface area is 75.1 Å². The van der Waals surface area contributed by atoms with E-state index in [2.05, 4.69) is 4.74 Å². The minimum atomic E-state index is -1.07. The van der Waals surface area contributed by atoms with Gasteiger partial charge in [0.05, 0.1) is 12.4 Å². The molecular formula is C8H10O3S. The predicted molar refractivity (Wildman–Crippen MR) is 47.7 cm³/mol. The van der Waals surface area contributed by atoms with E-state index in [1.54, 1.807) is 12.2 Å². The van der Waals surface area contributed by atoms with Crippen LogP contribution in [0, 0.1) is 0 Å². The van der Waals surface area contributed by atoms with E-state index in [1.165, 1.54) is 18.9 Å². The average Bonchev–Trinajstić information content (AvgIpc) is 2.17. The van der Waals surface area contributed by atoms with Crippen LogP contribution in [-0.4, -0.2) is 29.5 Å². The molecule has 1 N–H and O–H groups in total. The second-order valence-electron chi connectivity index (χ2n) is 2.28. The van der Waals surface area contributed by atoms with E-state index in [0.717, 1.165) is 0 Å². The van der Waals surface area contributed by atoms with E-state index in [4.69, 9.17) is 0 Å². The number of carbonyl (C=O) groups is 1. The molecule has 0 aromatic rings. The third-order valence-corrected chi connectivity index (χ3v) is 2.52. The van der Waals surface area contributed by atoms with Gasteiger partial charge >= 0.3 is 5.97 Å². The van der Waals surface area contributed by atoms with Crippen molar-refractivity contribution in [2.24, 2.45) is 0 Å². The number of allylic oxidation sites excluding steroid dienone is 2. The molecule has 2 atom stereocenters. The number of esters is 1. The maximum absolute atomic E-state index is 10.9. The molecule has 0 spiro atoms. The Morgan fingerprint density at radius 1 is 1.67 bits per heavy atom. The van der Waals surface area contributed by atoms with E-state index < -0.39 is 12.1 Å². The summed E-state index contributed by atoms with van der Waals surface area (Å²) in [7, 11) is 1.26. The maximum atomic E-state index is 10.9. The highest BCUT2D eigenvalue weighted by Crippen LogP contribution is 2.21. The standard InChI is InChI=1S/C8H10O3S/c1-11-8(10)7(9)6-4-2-3-5-12-6/h2-7,9H,1H3. The smallest absolute Gasteiger partial charge is 0.336 e. The molecule has 0 saturated carbocycles. The van der Waals surface area contributed by atoms with Crippen molar-refractivity contribution >= 4 is 17.7 Å². The Morgan fingerprint density at radius 2 is 2.42 bits per heavy atom. The van der Waals surface area contributed by atoms with Gasteiger partial charge in [-0.25, -0.2) is 4.79 Å². The van der Waals surface area contributed by atoms with Gasteiger partial charge in [0.2, 0.25) is 0 Å². The first kappa shape index (κ1) is 9.35. The number of hydrogen-bond donors (Lipinski definition) is 1. The van der Waals surface area contributed by atoms with Gasteiger partial charge in [0.25, 0.3) is 0 Å². The Morgan fingerprint density at radius 3 is 2.92 bits per heavy atom. The summed E-state index contributed by atoms with van der Waals surface area (Å²) in [5.41, 5.74) is 0. The first-order valence-electron chi connectivity index (χ1n) is 3.50. The lowest BCUT2D eigenvalue weighted by molar-refractivity contribution is -0.149. The van der Waals surface area contributed by atoms with Gasteiger partial charge in [0.1, 0.15) is 0 Å². The van der Waals surface area contributed by atoms with Crippen LogP contribution in [0.15, 0.2) is 23.6 Å². The molecule has 4 heteroatoms. The Bertz CT molecular complexity index is 222. The van der Waals surface area contributed by atoms with Crippen molar-refractivity contribution in [3.05, 3.63) is 23.6 Å². The van der Waals surface area contributed by atoms with Crippen LogP contribution in [0.25, 0.3) is 0 Å². The van der Waals surface area contributed by atoms with Crippen LogP contribution in [-0.2, 0) is 9.53 Å². The van der Waals surface area contributed by atoms with Gasteiger partial charge in [-0.2, -0.15) is 0 Å². The summed E-state index contributed by atoms with van der Waals surface area (Å²) in [5.74, 6) is -0.590. The van der Waals surface area contributed by atoms with E-state index in [9.17, 15) is 9.90 Å². The molecule has 0 fully saturated rings. The van der Waals surface area contributed by atoms with Crippen molar-refractivity contribution in [2.75, 3.05) is 7.11 Å². The molecule has 1 rings (SSSR count).